The number of hydrogen-bond acceptors (Lipinski definition) is 3. The van der Waals surface area contributed by atoms with Crippen molar-refractivity contribution < 1.29 is 4.79 Å². The summed E-state index contributed by atoms with van der Waals surface area (Å²) in [6.07, 6.45) is 0. The van der Waals surface area contributed by atoms with E-state index in [0.29, 0.717) is 16.5 Å². The van der Waals surface area contributed by atoms with Crippen molar-refractivity contribution in [2.75, 3.05) is 5.32 Å². The Morgan fingerprint density at radius 1 is 1.03 bits per heavy atom. The van der Waals surface area contributed by atoms with Gasteiger partial charge in [0.15, 0.2) is 5.82 Å². The van der Waals surface area contributed by atoms with Gasteiger partial charge in [0, 0.05) is 20.7 Å². The average molecular weight is 468 g/mol. The van der Waals surface area contributed by atoms with Crippen LogP contribution in [0.2, 0.25) is 5.02 Å². The van der Waals surface area contributed by atoms with Crippen molar-refractivity contribution in [3.05, 3.63) is 93.7 Å². The second kappa shape index (κ2) is 8.19. The number of carbonyl (C=O) groups is 1. The van der Waals surface area contributed by atoms with Gasteiger partial charge in [-0.2, -0.15) is 0 Å². The first kappa shape index (κ1) is 19.4. The highest BCUT2D eigenvalue weighted by Crippen LogP contribution is 2.25. The molecule has 0 spiro atoms. The summed E-state index contributed by atoms with van der Waals surface area (Å²) in [5, 5.41) is 7.90. The Hall–Kier alpha value is -2.96. The lowest BCUT2D eigenvalue weighted by atomic mass is 10.2. The van der Waals surface area contributed by atoms with Crippen LogP contribution < -0.4 is 5.32 Å². The molecule has 0 aliphatic carbocycles. The van der Waals surface area contributed by atoms with Crippen LogP contribution in [0.5, 0.6) is 0 Å². The Morgan fingerprint density at radius 3 is 2.52 bits per heavy atom. The first-order valence-corrected chi connectivity index (χ1v) is 10.0. The molecule has 1 N–H and O–H groups in total. The summed E-state index contributed by atoms with van der Waals surface area (Å²) in [6, 6.07) is 22.5. The number of aryl methyl sites for hydroxylation is 1. The first-order valence-electron chi connectivity index (χ1n) is 8.86. The standard InChI is InChI=1S/C22H16BrClN4O/c1-14-4-2-7-19(12-14)28-21(15-5-3-6-17(24)13-15)26-20(27-28)22(29)25-18-10-8-16(23)9-11-18/h2-13H,1H3,(H,25,29). The van der Waals surface area contributed by atoms with Crippen molar-refractivity contribution in [1.82, 2.24) is 14.8 Å². The molecule has 1 amide bonds. The molecule has 0 aliphatic rings. The second-order valence-electron chi connectivity index (χ2n) is 6.48. The molecule has 1 heterocycles. The summed E-state index contributed by atoms with van der Waals surface area (Å²) in [4.78, 5) is 17.3. The molecule has 0 atom stereocenters. The van der Waals surface area contributed by atoms with Gasteiger partial charge in [-0.05, 0) is 61.0 Å². The molecule has 0 unspecified atom stereocenters. The van der Waals surface area contributed by atoms with E-state index in [4.69, 9.17) is 11.6 Å². The van der Waals surface area contributed by atoms with E-state index in [1.165, 1.54) is 0 Å². The molecule has 7 heteroatoms. The number of anilines is 1. The predicted molar refractivity (Wildman–Crippen MR) is 119 cm³/mol. The van der Waals surface area contributed by atoms with Crippen LogP contribution in [0, 0.1) is 6.92 Å². The fraction of sp³-hybridized carbons (Fsp3) is 0.0455. The van der Waals surface area contributed by atoms with Crippen molar-refractivity contribution in [1.29, 1.82) is 0 Å². The number of nitrogens with zero attached hydrogens (tertiary/aromatic N) is 3. The third kappa shape index (κ3) is 4.39. The largest absolute Gasteiger partial charge is 0.319 e. The average Bonchev–Trinajstić information content (AvgIpc) is 3.15. The Morgan fingerprint density at radius 2 is 1.79 bits per heavy atom. The van der Waals surface area contributed by atoms with Gasteiger partial charge in [0.25, 0.3) is 5.91 Å². The van der Waals surface area contributed by atoms with Gasteiger partial charge in [0.1, 0.15) is 0 Å². The van der Waals surface area contributed by atoms with Crippen LogP contribution in [-0.4, -0.2) is 20.7 Å². The van der Waals surface area contributed by atoms with Crippen LogP contribution in [0.4, 0.5) is 5.69 Å². The third-order valence-electron chi connectivity index (χ3n) is 4.24. The Kier molecular flexibility index (Phi) is 5.47. The highest BCUT2D eigenvalue weighted by molar-refractivity contribution is 9.10. The topological polar surface area (TPSA) is 59.8 Å². The molecular weight excluding hydrogens is 452 g/mol. The number of rotatable bonds is 4. The fourth-order valence-electron chi connectivity index (χ4n) is 2.88. The van der Waals surface area contributed by atoms with Gasteiger partial charge in [-0.25, -0.2) is 9.67 Å². The van der Waals surface area contributed by atoms with E-state index < -0.39 is 0 Å². The summed E-state index contributed by atoms with van der Waals surface area (Å²) in [6.45, 7) is 2.00. The van der Waals surface area contributed by atoms with Gasteiger partial charge in [-0.3, -0.25) is 4.79 Å². The lowest BCUT2D eigenvalue weighted by molar-refractivity contribution is 0.101. The monoisotopic (exact) mass is 466 g/mol. The number of nitrogens with one attached hydrogen (secondary N) is 1. The van der Waals surface area contributed by atoms with E-state index in [-0.39, 0.29) is 11.7 Å². The Balaban J connectivity index is 1.76. The molecule has 29 heavy (non-hydrogen) atoms. The Bertz CT molecular complexity index is 1120. The van der Waals surface area contributed by atoms with Crippen LogP contribution in [-0.2, 0) is 0 Å². The highest BCUT2D eigenvalue weighted by atomic mass is 79.9. The Labute approximate surface area is 181 Å². The van der Waals surface area contributed by atoms with Crippen LogP contribution in [0.1, 0.15) is 16.2 Å². The van der Waals surface area contributed by atoms with Gasteiger partial charge in [-0.15, -0.1) is 5.10 Å². The first-order chi connectivity index (χ1) is 14.0. The van der Waals surface area contributed by atoms with Gasteiger partial charge in [0.05, 0.1) is 5.69 Å². The lowest BCUT2D eigenvalue weighted by Crippen LogP contribution is -2.14. The lowest BCUT2D eigenvalue weighted by Gasteiger charge is -2.07. The van der Waals surface area contributed by atoms with Crippen LogP contribution >= 0.6 is 27.5 Å². The molecule has 1 aromatic heterocycles. The maximum Gasteiger partial charge on any atom is 0.295 e. The quantitative estimate of drug-likeness (QED) is 0.406. The normalized spacial score (nSPS) is 10.7. The van der Waals surface area contributed by atoms with Gasteiger partial charge in [-0.1, -0.05) is 51.8 Å². The van der Waals surface area contributed by atoms with Gasteiger partial charge < -0.3 is 5.32 Å². The second-order valence-corrected chi connectivity index (χ2v) is 7.83. The minimum absolute atomic E-state index is 0.0735. The van der Waals surface area contributed by atoms with E-state index in [2.05, 4.69) is 31.3 Å². The molecule has 144 valence electrons. The molecule has 0 fully saturated rings. The summed E-state index contributed by atoms with van der Waals surface area (Å²) < 4.78 is 2.59. The number of halogens is 2. The number of hydrogen-bond donors (Lipinski definition) is 1. The zero-order chi connectivity index (χ0) is 20.4. The fourth-order valence-corrected chi connectivity index (χ4v) is 3.34. The number of carbonyl (C=O) groups excluding carboxylic acids is 1. The van der Waals surface area contributed by atoms with Crippen LogP contribution in [0.15, 0.2) is 77.3 Å². The molecular formula is C22H16BrClN4O. The van der Waals surface area contributed by atoms with Crippen molar-refractivity contribution in [2.24, 2.45) is 0 Å². The van der Waals surface area contributed by atoms with Crippen LogP contribution in [0.3, 0.4) is 0 Å². The molecule has 0 radical (unpaired) electrons. The number of amides is 1. The highest BCUT2D eigenvalue weighted by Gasteiger charge is 2.19. The molecule has 0 bridgehead atoms. The number of benzene rings is 3. The molecule has 5 nitrogen and oxygen atoms in total. The predicted octanol–water partition coefficient (Wildman–Crippen LogP) is 5.91. The summed E-state index contributed by atoms with van der Waals surface area (Å²) in [7, 11) is 0. The minimum atomic E-state index is -0.387. The third-order valence-corrected chi connectivity index (χ3v) is 5.01. The maximum atomic E-state index is 12.8. The van der Waals surface area contributed by atoms with Crippen molar-refractivity contribution in [2.45, 2.75) is 6.92 Å². The van der Waals surface area contributed by atoms with Crippen LogP contribution in [0.25, 0.3) is 17.1 Å². The van der Waals surface area contributed by atoms with E-state index in [9.17, 15) is 4.79 Å². The van der Waals surface area contributed by atoms with Crippen molar-refractivity contribution >= 4 is 39.1 Å². The van der Waals surface area contributed by atoms with E-state index in [1.54, 1.807) is 28.9 Å². The molecule has 0 saturated heterocycles. The molecule has 0 aliphatic heterocycles. The van der Waals surface area contributed by atoms with E-state index in [1.807, 2.05) is 55.5 Å². The number of aromatic nitrogens is 3. The van der Waals surface area contributed by atoms with E-state index in [0.717, 1.165) is 21.3 Å². The molecule has 4 aromatic rings. The zero-order valence-electron chi connectivity index (χ0n) is 15.4. The summed E-state index contributed by atoms with van der Waals surface area (Å²) >= 11 is 9.55. The molecule has 0 saturated carbocycles. The summed E-state index contributed by atoms with van der Waals surface area (Å²) in [5.41, 5.74) is 3.33. The smallest absolute Gasteiger partial charge is 0.295 e. The van der Waals surface area contributed by atoms with E-state index >= 15 is 0 Å². The maximum absolute atomic E-state index is 12.8. The molecule has 3 aromatic carbocycles. The van der Waals surface area contributed by atoms with Crippen molar-refractivity contribution in [3.63, 3.8) is 0 Å². The zero-order valence-corrected chi connectivity index (χ0v) is 17.8. The SMILES string of the molecule is Cc1cccc(-n2nc(C(=O)Nc3ccc(Br)cc3)nc2-c2cccc(Cl)c2)c1. The van der Waals surface area contributed by atoms with Crippen molar-refractivity contribution in [3.8, 4) is 17.1 Å². The minimum Gasteiger partial charge on any atom is -0.319 e. The van der Waals surface area contributed by atoms with Gasteiger partial charge in [0.2, 0.25) is 5.82 Å². The van der Waals surface area contributed by atoms with Gasteiger partial charge >= 0.3 is 0 Å². The molecule has 4 rings (SSSR count). The summed E-state index contributed by atoms with van der Waals surface area (Å²) in [5.74, 6) is 0.227.